The summed E-state index contributed by atoms with van der Waals surface area (Å²) in [4.78, 5) is 225. The molecule has 2 heterocycles. The molecule has 9 rings (SSSR count). The Morgan fingerprint density at radius 2 is 0.727 bits per heavy atom. The van der Waals surface area contributed by atoms with Crippen molar-refractivity contribution in [2.24, 2.45) is 34.6 Å². The monoisotopic (exact) mass is 1920 g/mol. The first-order chi connectivity index (χ1) is 66.6. The number of unbranched alkanes of at least 4 members (excludes halogenated alkanes) is 4. The van der Waals surface area contributed by atoms with E-state index in [-0.39, 0.29) is 137 Å². The van der Waals surface area contributed by atoms with E-state index in [4.69, 9.17) is 38.1 Å². The van der Waals surface area contributed by atoms with E-state index in [1.807, 2.05) is 0 Å². The minimum Gasteiger partial charge on any atom is -0.508 e. The molecule has 27 N–H and O–H groups in total. The Hall–Kier alpha value is -14.9. The first kappa shape index (κ1) is 108. The number of rotatable bonds is 57. The molecular weight excluding hydrogens is 1800 g/mol. The Kier molecular flexibility index (Phi) is 41.5. The highest BCUT2D eigenvalue weighted by atomic mass is 16.6. The van der Waals surface area contributed by atoms with E-state index in [1.54, 1.807) is 123 Å². The molecule has 7 aromatic carbocycles. The molecule has 0 bridgehead atoms. The number of carboxylic acids is 2. The van der Waals surface area contributed by atoms with Crippen molar-refractivity contribution in [1.82, 2.24) is 63.8 Å². The van der Waals surface area contributed by atoms with Crippen molar-refractivity contribution in [2.45, 2.75) is 221 Å². The number of carboxylic acid groups (broad SMARTS) is 2. The lowest BCUT2D eigenvalue weighted by molar-refractivity contribution is -0.140. The van der Waals surface area contributed by atoms with Gasteiger partial charge < -0.3 is 127 Å². The molecule has 0 fully saturated rings. The van der Waals surface area contributed by atoms with Gasteiger partial charge in [-0.15, -0.1) is 0 Å². The first-order valence-corrected chi connectivity index (χ1v) is 46.4. The zero-order valence-corrected chi connectivity index (χ0v) is 77.5. The zero-order valence-electron chi connectivity index (χ0n) is 77.5. The summed E-state index contributed by atoms with van der Waals surface area (Å²) in [5.41, 5.74) is 31.3. The number of benzene rings is 7. The Morgan fingerprint density at radius 3 is 1.13 bits per heavy atom. The van der Waals surface area contributed by atoms with Crippen LogP contribution in [0.3, 0.4) is 0 Å². The SMILES string of the molecule is CC[C@H](C)[C@H](NC(=O)[C@H](CCC(=O)O)NC(=O)[C@H](CCC(=O)O)NC(=O)[C@H](CCCCN)NC(=O)[C@H](CCCCN)NC(=O)[C@H](CCCCN)NC(=O)[C@@H](N)CCCCNC(=O)c1ccc2c(c1)C(=O)OC21c2ccc(O)cc2Oc2cc(O)ccc21)C(=O)N[C@@H](Cc1ccc(O)cc1)C(=O)N[C@@H](Cc1ccccc1)C(=O)N[C@@H](Cc1ccccc1)C(=O)N[C@@H](Cc1ccccc1)C(=O)NCC(N)=O. The molecule has 2 aliphatic rings. The maximum Gasteiger partial charge on any atom is 0.340 e. The van der Waals surface area contributed by atoms with E-state index >= 15 is 14.4 Å². The zero-order chi connectivity index (χ0) is 101. The maximum atomic E-state index is 15.2. The summed E-state index contributed by atoms with van der Waals surface area (Å²) in [6.07, 6.45) is -1.20. The number of hydrogen-bond acceptors (Lipinski definition) is 25. The highest BCUT2D eigenvalue weighted by Crippen LogP contribution is 2.57. The summed E-state index contributed by atoms with van der Waals surface area (Å²) in [5, 5.41) is 82.9. The average Bonchev–Trinajstić information content (AvgIpc) is 1.58. The Bertz CT molecular complexity index is 5400. The highest BCUT2D eigenvalue weighted by Gasteiger charge is 2.54. The van der Waals surface area contributed by atoms with Gasteiger partial charge >= 0.3 is 17.9 Å². The van der Waals surface area contributed by atoms with Gasteiger partial charge in [0.1, 0.15) is 89.2 Å². The lowest BCUT2D eigenvalue weighted by Crippen LogP contribution is -2.62. The molecule has 2 aliphatic heterocycles. The summed E-state index contributed by atoms with van der Waals surface area (Å²) in [5.74, 6) is -16.3. The first-order valence-electron chi connectivity index (χ1n) is 46.4. The van der Waals surface area contributed by atoms with Crippen molar-refractivity contribution < 1.29 is 112 Å². The summed E-state index contributed by atoms with van der Waals surface area (Å²) < 4.78 is 12.2. The van der Waals surface area contributed by atoms with Crippen molar-refractivity contribution in [3.8, 4) is 28.7 Å². The number of esters is 1. The smallest absolute Gasteiger partial charge is 0.340 e. The predicted octanol–water partition coefficient (Wildman–Crippen LogP) is 2.18. The summed E-state index contributed by atoms with van der Waals surface area (Å²) >= 11 is 0. The van der Waals surface area contributed by atoms with Crippen LogP contribution in [0.25, 0.3) is 0 Å². The van der Waals surface area contributed by atoms with Crippen LogP contribution in [0.4, 0.5) is 0 Å². The molecule has 0 unspecified atom stereocenters. The number of primary amides is 1. The van der Waals surface area contributed by atoms with Crippen molar-refractivity contribution in [2.75, 3.05) is 32.7 Å². The second-order valence-corrected chi connectivity index (χ2v) is 34.4. The van der Waals surface area contributed by atoms with Crippen molar-refractivity contribution in [3.05, 3.63) is 220 Å². The molecule has 7 aromatic rings. The molecule has 13 amide bonds. The number of carbonyl (C=O) groups is 16. The van der Waals surface area contributed by atoms with E-state index in [9.17, 15) is 87.9 Å². The lowest BCUT2D eigenvalue weighted by Gasteiger charge is -2.36. The molecule has 0 saturated carbocycles. The number of ether oxygens (including phenoxy) is 2. The van der Waals surface area contributed by atoms with E-state index in [0.717, 1.165) is 0 Å². The fourth-order valence-electron chi connectivity index (χ4n) is 16.1. The van der Waals surface area contributed by atoms with Crippen LogP contribution in [-0.2, 0) is 103 Å². The van der Waals surface area contributed by atoms with E-state index in [1.165, 1.54) is 60.7 Å². The van der Waals surface area contributed by atoms with Gasteiger partial charge in [0, 0.05) is 79.5 Å². The topological polar surface area (TPSA) is 667 Å². The molecule has 40 nitrogen and oxygen atoms in total. The largest absolute Gasteiger partial charge is 0.508 e. The summed E-state index contributed by atoms with van der Waals surface area (Å²) in [7, 11) is 0. The van der Waals surface area contributed by atoms with Gasteiger partial charge in [0.25, 0.3) is 5.91 Å². The van der Waals surface area contributed by atoms with Crippen LogP contribution >= 0.6 is 0 Å². The minimum absolute atomic E-state index is 0.0239. The van der Waals surface area contributed by atoms with Gasteiger partial charge in [-0.25, -0.2) is 4.79 Å². The van der Waals surface area contributed by atoms with Crippen molar-refractivity contribution >= 4 is 94.7 Å². The van der Waals surface area contributed by atoms with Gasteiger partial charge in [-0.2, -0.15) is 0 Å². The molecule has 12 atom stereocenters. The molecule has 0 saturated heterocycles. The molecule has 0 radical (unpaired) electrons. The molecule has 139 heavy (non-hydrogen) atoms. The number of nitrogens with one attached hydrogen (secondary N) is 12. The Balaban J connectivity index is 0.869. The second kappa shape index (κ2) is 53.6. The van der Waals surface area contributed by atoms with Crippen LogP contribution in [0.15, 0.2) is 170 Å². The molecule has 40 heteroatoms. The third-order valence-corrected chi connectivity index (χ3v) is 23.9. The highest BCUT2D eigenvalue weighted by molar-refractivity contribution is 6.03. The van der Waals surface area contributed by atoms with Gasteiger partial charge in [-0.1, -0.05) is 129 Å². The van der Waals surface area contributed by atoms with Gasteiger partial charge in [0.15, 0.2) is 5.60 Å². The normalized spacial score (nSPS) is 14.6. The van der Waals surface area contributed by atoms with E-state index in [0.29, 0.717) is 77.5 Å². The number of phenols is 3. The van der Waals surface area contributed by atoms with Gasteiger partial charge in [-0.05, 0) is 186 Å². The maximum absolute atomic E-state index is 15.2. The number of nitrogens with two attached hydrogens (primary N) is 5. The van der Waals surface area contributed by atoms with Crippen LogP contribution in [0, 0.1) is 5.92 Å². The van der Waals surface area contributed by atoms with Gasteiger partial charge in [0.05, 0.1) is 18.2 Å². The Labute approximate surface area is 803 Å². The summed E-state index contributed by atoms with van der Waals surface area (Å²) in [6, 6.07) is 27.6. The van der Waals surface area contributed by atoms with Crippen molar-refractivity contribution in [3.63, 3.8) is 0 Å². The molecular formula is C99H125N17O23. The fourth-order valence-corrected chi connectivity index (χ4v) is 16.1. The molecule has 0 aliphatic carbocycles. The van der Waals surface area contributed by atoms with Gasteiger partial charge in [0.2, 0.25) is 70.9 Å². The van der Waals surface area contributed by atoms with Crippen LogP contribution in [0.2, 0.25) is 0 Å². The van der Waals surface area contributed by atoms with Crippen LogP contribution in [-0.4, -0.2) is 219 Å². The van der Waals surface area contributed by atoms with Crippen LogP contribution in [0.5, 0.6) is 28.7 Å². The lowest BCUT2D eigenvalue weighted by atomic mass is 9.77. The third-order valence-electron chi connectivity index (χ3n) is 23.9. The standard InChI is InChI=1S/C99H125N17O23/c1-3-57(2)85(97(136)115-79(52-61-31-34-63(117)35-32-61)96(135)114-78(51-60-25-11-6-12-26-60)95(134)113-77(50-59-23-9-5-10-24-59)94(133)112-76(88(127)106-56-82(104)120)49-58-21-7-4-8-22-58)116-93(132)75(42-44-84(123)124)111-92(131)74(41-43-83(121)122)110-91(130)73(30-15-19-47-102)109-90(129)72(29-14-18-46-101)108-89(128)71(28-13-17-45-100)107-87(126)70(103)27-16-20-48-105-86(125)62-33-38-67-66(53-62)98(137)139-99(67)68-39-36-64(118)54-80(68)138-81-55-65(119)37-40-69(81)99/h4-12,21-26,31-40,53-55,57,70-79,85,117-119H,3,13-20,27-30,41-52,56,100-103H2,1-2H3,(H2,104,120)(H,105,125)(H,106,127)(H,107,126)(H,108,128)(H,109,129)(H,110,130)(H,111,131)(H,112,133)(H,113,134)(H,114,135)(H,115,136)(H,116,132)(H,121,122)(H,123,124)/t57-,70-,71-,72-,73-,74-,75-,76-,77-,78-,79-,85-/m0/s1. The summed E-state index contributed by atoms with van der Waals surface area (Å²) in [6.45, 7) is 3.28. The van der Waals surface area contributed by atoms with Gasteiger partial charge in [-0.3, -0.25) is 71.9 Å². The number of phenolic OH excluding ortho intramolecular Hbond substituents is 3. The van der Waals surface area contributed by atoms with Crippen molar-refractivity contribution in [1.29, 1.82) is 0 Å². The third kappa shape index (κ3) is 32.1. The number of hydrogen-bond donors (Lipinski definition) is 22. The number of amides is 13. The number of aromatic hydroxyl groups is 3. The molecule has 0 aromatic heterocycles. The van der Waals surface area contributed by atoms with E-state index < -0.39 is 205 Å². The number of fused-ring (bicyclic) bond motifs is 6. The fraction of sp³-hybridized carbons (Fsp3) is 0.414. The number of carbonyl (C=O) groups excluding carboxylic acids is 14. The molecule has 744 valence electrons. The van der Waals surface area contributed by atoms with Crippen LogP contribution < -0.4 is 97.2 Å². The van der Waals surface area contributed by atoms with E-state index in [2.05, 4.69) is 63.8 Å². The number of aliphatic carboxylic acids is 2. The molecule has 1 spiro atoms. The minimum atomic E-state index is -1.87. The Morgan fingerprint density at radius 1 is 0.374 bits per heavy atom. The second-order valence-electron chi connectivity index (χ2n) is 34.4. The predicted molar refractivity (Wildman–Crippen MR) is 508 cm³/mol. The van der Waals surface area contributed by atoms with Crippen LogP contribution in [0.1, 0.15) is 183 Å². The quantitative estimate of drug-likeness (QED) is 0.0192. The average molecular weight is 1920 g/mol.